The molecule has 0 saturated heterocycles. The summed E-state index contributed by atoms with van der Waals surface area (Å²) in [5, 5.41) is 0. The van der Waals surface area contributed by atoms with Gasteiger partial charge in [-0.15, -0.1) is 24.8 Å². The molecule has 3 nitrogen and oxygen atoms in total. The Morgan fingerprint density at radius 2 is 2.21 bits per heavy atom. The SMILES string of the molecule is Cl.Cl.NC(CS)=NCc1cccnc1. The zero-order valence-corrected chi connectivity index (χ0v) is 9.99. The molecule has 0 saturated carbocycles. The highest BCUT2D eigenvalue weighted by molar-refractivity contribution is 7.81. The fourth-order valence-electron chi connectivity index (χ4n) is 0.734. The number of hydrogen-bond acceptors (Lipinski definition) is 3. The van der Waals surface area contributed by atoms with Crippen molar-refractivity contribution in [3.8, 4) is 0 Å². The Hall–Kier alpha value is -0.450. The Morgan fingerprint density at radius 3 is 2.71 bits per heavy atom. The van der Waals surface area contributed by atoms with Crippen molar-refractivity contribution < 1.29 is 0 Å². The minimum atomic E-state index is 0. The number of aliphatic imine (C=N–C) groups is 1. The highest BCUT2D eigenvalue weighted by atomic mass is 35.5. The first kappa shape index (κ1) is 16.0. The van der Waals surface area contributed by atoms with Crippen LogP contribution in [0.25, 0.3) is 0 Å². The van der Waals surface area contributed by atoms with Crippen LogP contribution in [0.2, 0.25) is 0 Å². The first-order valence-corrected chi connectivity index (χ1v) is 4.24. The van der Waals surface area contributed by atoms with E-state index in [1.165, 1.54) is 0 Å². The summed E-state index contributed by atoms with van der Waals surface area (Å²) < 4.78 is 0. The Balaban J connectivity index is 0. The summed E-state index contributed by atoms with van der Waals surface area (Å²) in [6.07, 6.45) is 3.50. The van der Waals surface area contributed by atoms with E-state index in [0.29, 0.717) is 18.1 Å². The number of rotatable bonds is 3. The maximum absolute atomic E-state index is 5.47. The monoisotopic (exact) mass is 253 g/mol. The Bertz CT molecular complexity index is 267. The van der Waals surface area contributed by atoms with E-state index in [1.807, 2.05) is 12.1 Å². The van der Waals surface area contributed by atoms with Gasteiger partial charge in [-0.2, -0.15) is 12.6 Å². The van der Waals surface area contributed by atoms with E-state index in [-0.39, 0.29) is 24.8 Å². The lowest BCUT2D eigenvalue weighted by molar-refractivity contribution is 1.04. The number of nitrogens with two attached hydrogens (primary N) is 1. The normalized spacial score (nSPS) is 9.93. The van der Waals surface area contributed by atoms with Crippen LogP contribution >= 0.6 is 37.4 Å². The molecule has 14 heavy (non-hydrogen) atoms. The second-order valence-electron chi connectivity index (χ2n) is 2.33. The number of aromatic nitrogens is 1. The molecule has 0 radical (unpaired) electrons. The highest BCUT2D eigenvalue weighted by Gasteiger charge is 1.89. The number of nitrogens with zero attached hydrogens (tertiary/aromatic N) is 2. The molecule has 1 heterocycles. The molecule has 0 aliphatic rings. The van der Waals surface area contributed by atoms with E-state index in [1.54, 1.807) is 12.4 Å². The van der Waals surface area contributed by atoms with Gasteiger partial charge in [0.1, 0.15) is 5.84 Å². The van der Waals surface area contributed by atoms with Gasteiger partial charge in [0.15, 0.2) is 0 Å². The third kappa shape index (κ3) is 6.07. The van der Waals surface area contributed by atoms with Crippen LogP contribution in [-0.4, -0.2) is 16.6 Å². The standard InChI is InChI=1S/C8H11N3S.2ClH/c9-8(6-12)11-5-7-2-1-3-10-4-7;;/h1-4,12H,5-6H2,(H2,9,11);2*1H. The Kier molecular flexibility index (Phi) is 10.4. The summed E-state index contributed by atoms with van der Waals surface area (Å²) in [7, 11) is 0. The first-order valence-electron chi connectivity index (χ1n) is 3.61. The van der Waals surface area contributed by atoms with E-state index in [4.69, 9.17) is 5.73 Å². The maximum Gasteiger partial charge on any atom is 0.104 e. The lowest BCUT2D eigenvalue weighted by Gasteiger charge is -1.96. The molecule has 6 heteroatoms. The van der Waals surface area contributed by atoms with Gasteiger partial charge in [0.25, 0.3) is 0 Å². The molecular weight excluding hydrogens is 241 g/mol. The molecule has 0 atom stereocenters. The molecule has 0 bridgehead atoms. The summed E-state index contributed by atoms with van der Waals surface area (Å²) in [5.74, 6) is 1.06. The molecular formula is C8H13Cl2N3S. The molecule has 2 N–H and O–H groups in total. The molecule has 0 amide bonds. The molecule has 0 spiro atoms. The zero-order valence-electron chi connectivity index (χ0n) is 7.46. The predicted molar refractivity (Wildman–Crippen MR) is 67.9 cm³/mol. The van der Waals surface area contributed by atoms with Gasteiger partial charge in [-0.25, -0.2) is 0 Å². The lowest BCUT2D eigenvalue weighted by Crippen LogP contribution is -2.13. The third-order valence-corrected chi connectivity index (χ3v) is 1.67. The van der Waals surface area contributed by atoms with Crippen molar-refractivity contribution in [1.82, 2.24) is 4.98 Å². The molecule has 0 aliphatic heterocycles. The number of amidine groups is 1. The molecule has 1 rings (SSSR count). The van der Waals surface area contributed by atoms with Gasteiger partial charge in [-0.05, 0) is 11.6 Å². The predicted octanol–water partition coefficient (Wildman–Crippen LogP) is 1.71. The summed E-state index contributed by atoms with van der Waals surface area (Å²) in [4.78, 5) is 8.05. The van der Waals surface area contributed by atoms with Gasteiger partial charge in [0.05, 0.1) is 6.54 Å². The van der Waals surface area contributed by atoms with Crippen LogP contribution in [-0.2, 0) is 6.54 Å². The highest BCUT2D eigenvalue weighted by Crippen LogP contribution is 1.97. The Labute approximate surface area is 101 Å². The van der Waals surface area contributed by atoms with Crippen molar-refractivity contribution in [3.05, 3.63) is 30.1 Å². The van der Waals surface area contributed by atoms with Crippen LogP contribution in [0.4, 0.5) is 0 Å². The number of hydrogen-bond donors (Lipinski definition) is 2. The van der Waals surface area contributed by atoms with Gasteiger partial charge < -0.3 is 5.73 Å². The van der Waals surface area contributed by atoms with Crippen molar-refractivity contribution in [2.24, 2.45) is 10.7 Å². The first-order chi connectivity index (χ1) is 5.83. The summed E-state index contributed by atoms with van der Waals surface area (Å²) in [5.41, 5.74) is 6.53. The fourth-order valence-corrected chi connectivity index (χ4v) is 0.834. The smallest absolute Gasteiger partial charge is 0.104 e. The molecule has 0 unspecified atom stereocenters. The summed E-state index contributed by atoms with van der Waals surface area (Å²) in [6, 6.07) is 3.84. The fraction of sp³-hybridized carbons (Fsp3) is 0.250. The summed E-state index contributed by atoms with van der Waals surface area (Å²) >= 11 is 3.99. The molecule has 0 fully saturated rings. The molecule has 1 aromatic rings. The molecule has 80 valence electrons. The number of thiol groups is 1. The number of halogens is 2. The van der Waals surface area contributed by atoms with Crippen LogP contribution in [0, 0.1) is 0 Å². The molecule has 0 aromatic carbocycles. The van der Waals surface area contributed by atoms with E-state index < -0.39 is 0 Å². The van der Waals surface area contributed by atoms with Crippen LogP contribution < -0.4 is 5.73 Å². The van der Waals surface area contributed by atoms with Crippen LogP contribution in [0.5, 0.6) is 0 Å². The average molecular weight is 254 g/mol. The van der Waals surface area contributed by atoms with Crippen LogP contribution in [0.3, 0.4) is 0 Å². The average Bonchev–Trinajstić information content (AvgIpc) is 2.16. The van der Waals surface area contributed by atoms with Crippen molar-refractivity contribution in [2.45, 2.75) is 6.54 Å². The zero-order chi connectivity index (χ0) is 8.81. The number of pyridine rings is 1. The third-order valence-electron chi connectivity index (χ3n) is 1.35. The van der Waals surface area contributed by atoms with Gasteiger partial charge in [0.2, 0.25) is 0 Å². The van der Waals surface area contributed by atoms with E-state index in [9.17, 15) is 0 Å². The van der Waals surface area contributed by atoms with Crippen molar-refractivity contribution in [3.63, 3.8) is 0 Å². The molecule has 1 aromatic heterocycles. The second kappa shape index (κ2) is 9.12. The largest absolute Gasteiger partial charge is 0.387 e. The summed E-state index contributed by atoms with van der Waals surface area (Å²) in [6.45, 7) is 0.584. The second-order valence-corrected chi connectivity index (χ2v) is 2.64. The van der Waals surface area contributed by atoms with Gasteiger partial charge in [-0.1, -0.05) is 6.07 Å². The van der Waals surface area contributed by atoms with Crippen LogP contribution in [0.1, 0.15) is 5.56 Å². The Morgan fingerprint density at radius 1 is 1.50 bits per heavy atom. The lowest BCUT2D eigenvalue weighted by atomic mass is 10.3. The van der Waals surface area contributed by atoms with E-state index in [2.05, 4.69) is 22.6 Å². The van der Waals surface area contributed by atoms with Crippen LogP contribution in [0.15, 0.2) is 29.5 Å². The van der Waals surface area contributed by atoms with Crippen molar-refractivity contribution in [1.29, 1.82) is 0 Å². The van der Waals surface area contributed by atoms with Gasteiger partial charge in [0, 0.05) is 18.1 Å². The van der Waals surface area contributed by atoms with Crippen molar-refractivity contribution >= 4 is 43.3 Å². The van der Waals surface area contributed by atoms with Gasteiger partial charge >= 0.3 is 0 Å². The van der Waals surface area contributed by atoms with E-state index in [0.717, 1.165) is 5.56 Å². The minimum Gasteiger partial charge on any atom is -0.387 e. The van der Waals surface area contributed by atoms with Crippen molar-refractivity contribution in [2.75, 3.05) is 5.75 Å². The minimum absolute atomic E-state index is 0. The molecule has 0 aliphatic carbocycles. The quantitative estimate of drug-likeness (QED) is 0.490. The van der Waals surface area contributed by atoms with E-state index >= 15 is 0 Å². The van der Waals surface area contributed by atoms with Gasteiger partial charge in [-0.3, -0.25) is 9.98 Å². The maximum atomic E-state index is 5.47. The topological polar surface area (TPSA) is 51.3 Å².